The fourth-order valence-corrected chi connectivity index (χ4v) is 7.07. The molecule has 0 spiro atoms. The maximum Gasteiger partial charge on any atom is 0.263 e. The van der Waals surface area contributed by atoms with Gasteiger partial charge in [-0.05, 0) is 34.9 Å². The van der Waals surface area contributed by atoms with Gasteiger partial charge < -0.3 is 23.8 Å². The van der Waals surface area contributed by atoms with Crippen molar-refractivity contribution in [3.63, 3.8) is 0 Å². The quantitative estimate of drug-likeness (QED) is 0.232. The van der Waals surface area contributed by atoms with Gasteiger partial charge >= 0.3 is 0 Å². The Kier molecular flexibility index (Phi) is 9.55. The zero-order chi connectivity index (χ0) is 27.8. The minimum absolute atomic E-state index is 0.0194. The van der Waals surface area contributed by atoms with Gasteiger partial charge in [0.2, 0.25) is 0 Å². The van der Waals surface area contributed by atoms with Crippen LogP contribution in [0.5, 0.6) is 0 Å². The molecule has 4 aromatic rings. The van der Waals surface area contributed by atoms with Crippen molar-refractivity contribution in [1.29, 1.82) is 0 Å². The van der Waals surface area contributed by atoms with Crippen LogP contribution in [-0.2, 0) is 43.1 Å². The molecule has 1 heterocycles. The lowest BCUT2D eigenvalue weighted by atomic mass is 10.1. The van der Waals surface area contributed by atoms with E-state index in [0.29, 0.717) is 6.61 Å². The fourth-order valence-electron chi connectivity index (χ4n) is 4.69. The highest BCUT2D eigenvalue weighted by Gasteiger charge is 2.54. The molecular weight excluding hydrogens is 530 g/mol. The SMILES string of the molecule is O=[P@]1(c2cccc(F)c2)O[C@H](COCc2ccccc2)[C@@H](OCc2ccccc2)[C@H](OCc2ccccc2)[C@H]1O. The molecule has 6 nitrogen and oxygen atoms in total. The van der Waals surface area contributed by atoms with Crippen molar-refractivity contribution in [3.8, 4) is 0 Å². The molecule has 0 amide bonds. The maximum absolute atomic E-state index is 14.4. The van der Waals surface area contributed by atoms with E-state index < -0.39 is 37.3 Å². The summed E-state index contributed by atoms with van der Waals surface area (Å²) < 4.78 is 53.3. The molecule has 0 saturated carbocycles. The molecule has 1 N–H and O–H groups in total. The Labute approximate surface area is 233 Å². The Balaban J connectivity index is 1.45. The molecule has 0 unspecified atom stereocenters. The molecule has 1 aliphatic rings. The lowest BCUT2D eigenvalue weighted by Gasteiger charge is -2.44. The molecule has 1 saturated heterocycles. The van der Waals surface area contributed by atoms with Crippen LogP contribution in [0, 0.1) is 5.82 Å². The van der Waals surface area contributed by atoms with Crippen molar-refractivity contribution in [2.75, 3.05) is 6.61 Å². The second-order valence-corrected chi connectivity index (χ2v) is 12.1. The Morgan fingerprint density at radius 1 is 0.700 bits per heavy atom. The van der Waals surface area contributed by atoms with Gasteiger partial charge in [-0.2, -0.15) is 0 Å². The van der Waals surface area contributed by atoms with Crippen LogP contribution in [0.25, 0.3) is 0 Å². The van der Waals surface area contributed by atoms with Crippen molar-refractivity contribution in [2.24, 2.45) is 0 Å². The molecule has 1 fully saturated rings. The number of halogens is 1. The van der Waals surface area contributed by atoms with Gasteiger partial charge in [0.05, 0.1) is 26.4 Å². The fraction of sp³-hybridized carbons (Fsp3) is 0.250. The van der Waals surface area contributed by atoms with Crippen LogP contribution in [0.2, 0.25) is 0 Å². The predicted molar refractivity (Wildman–Crippen MR) is 151 cm³/mol. The van der Waals surface area contributed by atoms with Crippen molar-refractivity contribution in [3.05, 3.63) is 138 Å². The summed E-state index contributed by atoms with van der Waals surface area (Å²) in [6.07, 6.45) is -2.74. The highest BCUT2D eigenvalue weighted by Crippen LogP contribution is 2.57. The van der Waals surface area contributed by atoms with Crippen LogP contribution in [0.3, 0.4) is 0 Å². The van der Waals surface area contributed by atoms with E-state index in [4.69, 9.17) is 18.7 Å². The number of rotatable bonds is 11. The predicted octanol–water partition coefficient (Wildman–Crippen LogP) is 5.83. The maximum atomic E-state index is 14.4. The first-order valence-electron chi connectivity index (χ1n) is 13.2. The summed E-state index contributed by atoms with van der Waals surface area (Å²) in [7, 11) is -4.03. The minimum atomic E-state index is -4.03. The van der Waals surface area contributed by atoms with Crippen LogP contribution in [0.4, 0.5) is 4.39 Å². The van der Waals surface area contributed by atoms with Gasteiger partial charge in [0.25, 0.3) is 7.37 Å². The first-order valence-corrected chi connectivity index (χ1v) is 14.9. The molecule has 0 radical (unpaired) electrons. The Morgan fingerprint density at radius 3 is 1.77 bits per heavy atom. The average molecular weight is 563 g/mol. The van der Waals surface area contributed by atoms with Crippen LogP contribution < -0.4 is 5.30 Å². The van der Waals surface area contributed by atoms with E-state index in [9.17, 15) is 14.1 Å². The van der Waals surface area contributed by atoms with Crippen molar-refractivity contribution in [2.45, 2.75) is 44.0 Å². The number of benzene rings is 4. The Morgan fingerprint density at radius 2 is 1.23 bits per heavy atom. The molecule has 0 aromatic heterocycles. The molecule has 5 atom stereocenters. The third-order valence-electron chi connectivity index (χ3n) is 6.76. The molecule has 0 aliphatic carbocycles. The molecule has 40 heavy (non-hydrogen) atoms. The van der Waals surface area contributed by atoms with Gasteiger partial charge in [-0.25, -0.2) is 4.39 Å². The van der Waals surface area contributed by atoms with E-state index in [1.165, 1.54) is 18.2 Å². The van der Waals surface area contributed by atoms with E-state index in [0.717, 1.165) is 22.8 Å². The molecular formula is C32H32FO6P. The summed E-state index contributed by atoms with van der Waals surface area (Å²) in [6.45, 7) is 0.681. The number of aliphatic hydroxyl groups is 1. The summed E-state index contributed by atoms with van der Waals surface area (Å²) in [6, 6.07) is 34.0. The number of aliphatic hydroxyl groups excluding tert-OH is 1. The lowest BCUT2D eigenvalue weighted by molar-refractivity contribution is -0.174. The number of hydrogen-bond acceptors (Lipinski definition) is 6. The molecule has 8 heteroatoms. The summed E-state index contributed by atoms with van der Waals surface area (Å²) >= 11 is 0. The summed E-state index contributed by atoms with van der Waals surface area (Å²) in [5.74, 6) is -2.17. The van der Waals surface area contributed by atoms with E-state index in [2.05, 4.69) is 0 Å². The standard InChI is InChI=1S/C32H32FO6P/c33-27-17-10-18-28(19-27)40(35)32(34)31(38-22-26-15-8-3-9-16-26)30(37-21-25-13-6-2-7-14-25)29(39-40)23-36-20-24-11-4-1-5-12-24/h1-19,29-32,34H,20-23H2/t29-,30-,31+,32+,40-/m1/s1. The number of ether oxygens (including phenoxy) is 3. The van der Waals surface area contributed by atoms with Gasteiger partial charge in [0, 0.05) is 5.30 Å². The van der Waals surface area contributed by atoms with Crippen LogP contribution in [0.1, 0.15) is 16.7 Å². The van der Waals surface area contributed by atoms with Gasteiger partial charge in [-0.15, -0.1) is 0 Å². The molecule has 1 aliphatic heterocycles. The van der Waals surface area contributed by atoms with E-state index in [-0.39, 0.29) is 25.1 Å². The summed E-state index contributed by atoms with van der Waals surface area (Å²) in [4.78, 5) is 0. The molecule has 0 bridgehead atoms. The van der Waals surface area contributed by atoms with Crippen molar-refractivity contribution in [1.82, 2.24) is 0 Å². The van der Waals surface area contributed by atoms with Gasteiger partial charge in [0.1, 0.15) is 24.1 Å². The van der Waals surface area contributed by atoms with Gasteiger partial charge in [-0.1, -0.05) is 97.1 Å². The van der Waals surface area contributed by atoms with Crippen LogP contribution in [-0.4, -0.2) is 35.9 Å². The third kappa shape index (κ3) is 6.94. The van der Waals surface area contributed by atoms with E-state index >= 15 is 0 Å². The monoisotopic (exact) mass is 562 g/mol. The van der Waals surface area contributed by atoms with Crippen molar-refractivity contribution < 1.29 is 32.8 Å². The smallest absolute Gasteiger partial charge is 0.263 e. The third-order valence-corrected chi connectivity index (χ3v) is 9.33. The zero-order valence-corrected chi connectivity index (χ0v) is 22.8. The number of hydrogen-bond donors (Lipinski definition) is 1. The van der Waals surface area contributed by atoms with Crippen LogP contribution in [0.15, 0.2) is 115 Å². The largest absolute Gasteiger partial charge is 0.380 e. The Bertz CT molecular complexity index is 1390. The zero-order valence-electron chi connectivity index (χ0n) is 21.9. The van der Waals surface area contributed by atoms with Crippen molar-refractivity contribution >= 4 is 12.7 Å². The van der Waals surface area contributed by atoms with Crippen LogP contribution >= 0.6 is 7.37 Å². The molecule has 208 valence electrons. The van der Waals surface area contributed by atoms with Gasteiger partial charge in [0.15, 0.2) is 5.85 Å². The molecule has 4 aromatic carbocycles. The van der Waals surface area contributed by atoms with E-state index in [1.807, 2.05) is 91.0 Å². The van der Waals surface area contributed by atoms with E-state index in [1.54, 1.807) is 0 Å². The summed E-state index contributed by atoms with van der Waals surface area (Å²) in [5.41, 5.74) is 2.76. The minimum Gasteiger partial charge on any atom is -0.380 e. The first-order chi connectivity index (χ1) is 19.5. The summed E-state index contributed by atoms with van der Waals surface area (Å²) in [5, 5.41) is 11.6. The second-order valence-electron chi connectivity index (χ2n) is 9.66. The first kappa shape index (κ1) is 28.4. The lowest BCUT2D eigenvalue weighted by Crippen LogP contribution is -2.55. The molecule has 5 rings (SSSR count). The average Bonchev–Trinajstić information content (AvgIpc) is 2.99. The highest BCUT2D eigenvalue weighted by atomic mass is 31.2. The normalized spacial score (nSPS) is 24.6. The second kappa shape index (κ2) is 13.5. The topological polar surface area (TPSA) is 74.2 Å². The Hall–Kier alpha value is -3.16. The van der Waals surface area contributed by atoms with Gasteiger partial charge in [-0.3, -0.25) is 4.57 Å². The highest BCUT2D eigenvalue weighted by molar-refractivity contribution is 7.67.